The second kappa shape index (κ2) is 7.13. The molecule has 3 aromatic rings. The second-order valence-electron chi connectivity index (χ2n) is 5.82. The lowest BCUT2D eigenvalue weighted by Crippen LogP contribution is -2.15. The number of carbonyl (C=O) groups excluding carboxylic acids is 2. The van der Waals surface area contributed by atoms with Gasteiger partial charge in [0.2, 0.25) is 5.91 Å². The molecule has 1 amide bonds. The van der Waals surface area contributed by atoms with E-state index in [1.54, 1.807) is 24.3 Å². The van der Waals surface area contributed by atoms with E-state index in [1.165, 1.54) is 11.3 Å². The number of carbonyl (C=O) groups is 2. The van der Waals surface area contributed by atoms with E-state index >= 15 is 0 Å². The largest absolute Gasteiger partial charge is 0.486 e. The predicted molar refractivity (Wildman–Crippen MR) is 99.2 cm³/mol. The summed E-state index contributed by atoms with van der Waals surface area (Å²) in [6.07, 6.45) is 0.281. The number of hydrogen-bond donors (Lipinski definition) is 1. The van der Waals surface area contributed by atoms with Gasteiger partial charge < -0.3 is 14.8 Å². The Balaban J connectivity index is 1.40. The normalized spacial score (nSPS) is 12.8. The molecular formula is C19H16N2O4S. The molecule has 0 bridgehead atoms. The summed E-state index contributed by atoms with van der Waals surface area (Å²) < 4.78 is 12.0. The van der Waals surface area contributed by atoms with Crippen molar-refractivity contribution >= 4 is 38.4 Å². The first-order chi connectivity index (χ1) is 12.7. The van der Waals surface area contributed by atoms with E-state index < -0.39 is 0 Å². The molecule has 132 valence electrons. The van der Waals surface area contributed by atoms with Gasteiger partial charge in [-0.2, -0.15) is 0 Å². The smallest absolute Gasteiger partial charge is 0.226 e. The van der Waals surface area contributed by atoms with Crippen LogP contribution in [0.2, 0.25) is 0 Å². The minimum absolute atomic E-state index is 0.0491. The zero-order valence-corrected chi connectivity index (χ0v) is 14.7. The molecule has 0 unspecified atom stereocenters. The number of anilines is 1. The van der Waals surface area contributed by atoms with E-state index in [9.17, 15) is 9.59 Å². The molecule has 0 saturated carbocycles. The highest BCUT2D eigenvalue weighted by atomic mass is 32.1. The number of thiazole rings is 1. The van der Waals surface area contributed by atoms with E-state index in [0.717, 1.165) is 10.2 Å². The van der Waals surface area contributed by atoms with Crippen molar-refractivity contribution in [3.05, 3.63) is 48.0 Å². The first-order valence-electron chi connectivity index (χ1n) is 8.27. The van der Waals surface area contributed by atoms with Crippen LogP contribution in [-0.2, 0) is 4.79 Å². The second-order valence-corrected chi connectivity index (χ2v) is 6.85. The number of hydrogen-bond acceptors (Lipinski definition) is 6. The van der Waals surface area contributed by atoms with Gasteiger partial charge in [0.15, 0.2) is 22.4 Å². The Labute approximate surface area is 153 Å². The van der Waals surface area contributed by atoms with Crippen molar-refractivity contribution in [3.8, 4) is 11.5 Å². The molecule has 2 aromatic carbocycles. The molecule has 2 heterocycles. The zero-order valence-electron chi connectivity index (χ0n) is 13.9. The van der Waals surface area contributed by atoms with Gasteiger partial charge in [-0.05, 0) is 0 Å². The standard InChI is InChI=1S/C19H16N2O4S/c22-14(12-4-2-1-3-5-12)6-7-18(23)21-19-20-13-10-15-16(11-17(13)26-19)25-9-8-24-15/h1-5,10-11H,6-9H2,(H,20,21,23). The highest BCUT2D eigenvalue weighted by Gasteiger charge is 2.16. The van der Waals surface area contributed by atoms with Crippen LogP contribution in [0, 0.1) is 0 Å². The summed E-state index contributed by atoms with van der Waals surface area (Å²) >= 11 is 1.37. The lowest BCUT2D eigenvalue weighted by Gasteiger charge is -2.17. The number of ether oxygens (including phenoxy) is 2. The summed E-state index contributed by atoms with van der Waals surface area (Å²) in [6.45, 7) is 1.04. The fourth-order valence-electron chi connectivity index (χ4n) is 2.70. The maximum absolute atomic E-state index is 12.1. The molecule has 1 aliphatic heterocycles. The number of nitrogens with zero attached hydrogens (tertiary/aromatic N) is 1. The molecule has 0 radical (unpaired) electrons. The van der Waals surface area contributed by atoms with Crippen molar-refractivity contribution in [1.82, 2.24) is 4.98 Å². The Hall–Kier alpha value is -2.93. The highest BCUT2D eigenvalue weighted by molar-refractivity contribution is 7.22. The molecule has 0 saturated heterocycles. The number of amides is 1. The maximum atomic E-state index is 12.1. The van der Waals surface area contributed by atoms with Gasteiger partial charge >= 0.3 is 0 Å². The number of aromatic nitrogens is 1. The third-order valence-electron chi connectivity index (χ3n) is 3.97. The number of nitrogens with one attached hydrogen (secondary N) is 1. The third kappa shape index (κ3) is 3.52. The van der Waals surface area contributed by atoms with Crippen LogP contribution in [0.4, 0.5) is 5.13 Å². The number of Topliss-reactive ketones (excluding diaryl/α,β-unsaturated/α-hetero) is 1. The van der Waals surface area contributed by atoms with Gasteiger partial charge in [-0.1, -0.05) is 41.7 Å². The predicted octanol–water partition coefficient (Wildman–Crippen LogP) is 3.67. The van der Waals surface area contributed by atoms with Gasteiger partial charge in [0, 0.05) is 30.5 Å². The molecule has 7 heteroatoms. The average molecular weight is 368 g/mol. The van der Waals surface area contributed by atoms with Crippen LogP contribution in [0.5, 0.6) is 11.5 Å². The highest BCUT2D eigenvalue weighted by Crippen LogP contribution is 2.37. The van der Waals surface area contributed by atoms with Crippen molar-refractivity contribution in [2.24, 2.45) is 0 Å². The van der Waals surface area contributed by atoms with E-state index in [4.69, 9.17) is 9.47 Å². The van der Waals surface area contributed by atoms with E-state index in [2.05, 4.69) is 10.3 Å². The van der Waals surface area contributed by atoms with Gasteiger partial charge in [-0.25, -0.2) is 4.98 Å². The number of benzene rings is 2. The van der Waals surface area contributed by atoms with E-state index in [0.29, 0.717) is 35.4 Å². The van der Waals surface area contributed by atoms with Crippen LogP contribution >= 0.6 is 11.3 Å². The lowest BCUT2D eigenvalue weighted by molar-refractivity contribution is -0.116. The minimum Gasteiger partial charge on any atom is -0.486 e. The van der Waals surface area contributed by atoms with Gasteiger partial charge in [-0.15, -0.1) is 0 Å². The molecule has 26 heavy (non-hydrogen) atoms. The minimum atomic E-state index is -0.231. The quantitative estimate of drug-likeness (QED) is 0.695. The maximum Gasteiger partial charge on any atom is 0.226 e. The van der Waals surface area contributed by atoms with Crippen LogP contribution in [0.3, 0.4) is 0 Å². The molecule has 6 nitrogen and oxygen atoms in total. The Morgan fingerprint density at radius 1 is 1.04 bits per heavy atom. The third-order valence-corrected chi connectivity index (χ3v) is 4.91. The Morgan fingerprint density at radius 3 is 2.54 bits per heavy atom. The summed E-state index contributed by atoms with van der Waals surface area (Å²) in [5, 5.41) is 3.26. The number of ketones is 1. The van der Waals surface area contributed by atoms with Crippen LogP contribution in [-0.4, -0.2) is 29.9 Å². The number of fused-ring (bicyclic) bond motifs is 2. The van der Waals surface area contributed by atoms with E-state index in [-0.39, 0.29) is 24.5 Å². The summed E-state index contributed by atoms with van der Waals surface area (Å²) in [4.78, 5) is 28.6. The van der Waals surface area contributed by atoms with Crippen LogP contribution in [0.25, 0.3) is 10.2 Å². The van der Waals surface area contributed by atoms with Crippen molar-refractivity contribution in [1.29, 1.82) is 0 Å². The van der Waals surface area contributed by atoms with Crippen molar-refractivity contribution < 1.29 is 19.1 Å². The van der Waals surface area contributed by atoms with Crippen molar-refractivity contribution in [2.45, 2.75) is 12.8 Å². The fourth-order valence-corrected chi connectivity index (χ4v) is 3.59. The zero-order chi connectivity index (χ0) is 17.9. The molecular weight excluding hydrogens is 352 g/mol. The van der Waals surface area contributed by atoms with Gasteiger partial charge in [0.05, 0.1) is 10.2 Å². The van der Waals surface area contributed by atoms with Gasteiger partial charge in [0.25, 0.3) is 0 Å². The fraction of sp³-hybridized carbons (Fsp3) is 0.211. The van der Waals surface area contributed by atoms with Gasteiger partial charge in [0.1, 0.15) is 13.2 Å². The van der Waals surface area contributed by atoms with Crippen molar-refractivity contribution in [3.63, 3.8) is 0 Å². The molecule has 4 rings (SSSR count). The first-order valence-corrected chi connectivity index (χ1v) is 9.09. The number of rotatable bonds is 5. The molecule has 1 aromatic heterocycles. The Bertz CT molecular complexity index is 925. The lowest BCUT2D eigenvalue weighted by atomic mass is 10.1. The Kier molecular flexibility index (Phi) is 4.53. The monoisotopic (exact) mass is 368 g/mol. The topological polar surface area (TPSA) is 77.5 Å². The molecule has 1 N–H and O–H groups in total. The first kappa shape index (κ1) is 16.5. The van der Waals surface area contributed by atoms with Crippen LogP contribution < -0.4 is 14.8 Å². The molecule has 1 aliphatic rings. The Morgan fingerprint density at radius 2 is 1.77 bits per heavy atom. The van der Waals surface area contributed by atoms with Crippen LogP contribution in [0.1, 0.15) is 23.2 Å². The van der Waals surface area contributed by atoms with Crippen LogP contribution in [0.15, 0.2) is 42.5 Å². The SMILES string of the molecule is O=C(CCC(=O)c1ccccc1)Nc1nc2cc3c(cc2s1)OCCO3. The molecule has 0 atom stereocenters. The summed E-state index contributed by atoms with van der Waals surface area (Å²) in [7, 11) is 0. The summed E-state index contributed by atoms with van der Waals surface area (Å²) in [5.74, 6) is 1.08. The van der Waals surface area contributed by atoms with Crippen molar-refractivity contribution in [2.75, 3.05) is 18.5 Å². The molecule has 0 aliphatic carbocycles. The molecule has 0 spiro atoms. The summed E-state index contributed by atoms with van der Waals surface area (Å²) in [6, 6.07) is 12.7. The van der Waals surface area contributed by atoms with Gasteiger partial charge in [-0.3, -0.25) is 9.59 Å². The molecule has 0 fully saturated rings. The van der Waals surface area contributed by atoms with E-state index in [1.807, 2.05) is 18.2 Å². The average Bonchev–Trinajstić information content (AvgIpc) is 3.05. The summed E-state index contributed by atoms with van der Waals surface area (Å²) in [5.41, 5.74) is 1.36.